The summed E-state index contributed by atoms with van der Waals surface area (Å²) in [6, 6.07) is 13.1. The molecule has 0 bridgehead atoms. The van der Waals surface area contributed by atoms with E-state index in [1.54, 1.807) is 24.3 Å². The van der Waals surface area contributed by atoms with Crippen molar-refractivity contribution in [3.63, 3.8) is 0 Å². The van der Waals surface area contributed by atoms with Gasteiger partial charge >= 0.3 is 21.2 Å². The number of carbonyl (C=O) groups is 1. The van der Waals surface area contributed by atoms with Gasteiger partial charge in [-0.05, 0) is 23.8 Å². The monoisotopic (exact) mass is 456 g/mol. The van der Waals surface area contributed by atoms with Crippen molar-refractivity contribution in [2.75, 3.05) is 0 Å². The van der Waals surface area contributed by atoms with Gasteiger partial charge in [0.1, 0.15) is 6.61 Å². The zero-order chi connectivity index (χ0) is 22.2. The Hall–Kier alpha value is -2.36. The first-order chi connectivity index (χ1) is 13.9. The molecular weight excluding hydrogens is 438 g/mol. The third-order valence-corrected chi connectivity index (χ3v) is 8.10. The minimum absolute atomic E-state index is 0.0593. The summed E-state index contributed by atoms with van der Waals surface area (Å²) in [5, 5.41) is 6.46. The first-order valence-corrected chi connectivity index (χ1v) is 11.6. The summed E-state index contributed by atoms with van der Waals surface area (Å²) in [5.41, 5.74) is 1.34. The summed E-state index contributed by atoms with van der Waals surface area (Å²) in [6.45, 7) is -1.06. The zero-order valence-electron chi connectivity index (χ0n) is 15.3. The summed E-state index contributed by atoms with van der Waals surface area (Å²) in [6.07, 6.45) is 1.04. The molecule has 0 aliphatic carbocycles. The molecule has 0 radical (unpaired) electrons. The molecule has 0 saturated heterocycles. The van der Waals surface area contributed by atoms with E-state index in [1.165, 1.54) is 18.2 Å². The number of hydrogen-bond acceptors (Lipinski definition) is 6. The molecule has 3 rings (SSSR count). The van der Waals surface area contributed by atoms with Crippen LogP contribution >= 0.6 is 15.2 Å². The third-order valence-electron chi connectivity index (χ3n) is 4.38. The number of fused-ring (bicyclic) bond motifs is 1. The van der Waals surface area contributed by atoms with E-state index in [9.17, 15) is 38.6 Å². The Bertz CT molecular complexity index is 1140. The Morgan fingerprint density at radius 3 is 2.27 bits per heavy atom. The van der Waals surface area contributed by atoms with Gasteiger partial charge in [0.15, 0.2) is 0 Å². The van der Waals surface area contributed by atoms with Crippen molar-refractivity contribution >= 4 is 32.2 Å². The highest BCUT2D eigenvalue weighted by Crippen LogP contribution is 2.68. The average molecular weight is 456 g/mol. The number of esters is 1. The SMILES string of the molecule is O=C(OCc1ccccc1)c1ccc2c(c1)ncn2CC(O)(P(=O)(O)O)P(=O)(O)O. The molecule has 0 saturated carbocycles. The quantitative estimate of drug-likeness (QED) is 0.258. The number of nitrogens with zero attached hydrogens (tertiary/aromatic N) is 2. The Labute approximate surface area is 169 Å². The maximum absolute atomic E-state index is 12.3. The van der Waals surface area contributed by atoms with Gasteiger partial charge in [-0.25, -0.2) is 9.78 Å². The molecule has 0 unspecified atom stereocenters. The van der Waals surface area contributed by atoms with Crippen molar-refractivity contribution in [2.45, 2.75) is 18.2 Å². The number of hydrogen-bond donors (Lipinski definition) is 5. The van der Waals surface area contributed by atoms with Crippen LogP contribution < -0.4 is 0 Å². The minimum atomic E-state index is -5.62. The molecule has 5 N–H and O–H groups in total. The molecule has 2 aromatic carbocycles. The molecule has 0 atom stereocenters. The van der Waals surface area contributed by atoms with Crippen LogP contribution in [0.1, 0.15) is 15.9 Å². The summed E-state index contributed by atoms with van der Waals surface area (Å²) in [5.74, 6) is -0.628. The van der Waals surface area contributed by atoms with Crippen molar-refractivity contribution in [2.24, 2.45) is 0 Å². The lowest BCUT2D eigenvalue weighted by molar-refractivity contribution is 0.0473. The van der Waals surface area contributed by atoms with Gasteiger partial charge < -0.3 is 34.0 Å². The number of carbonyl (C=O) groups excluding carboxylic acids is 1. The van der Waals surface area contributed by atoms with E-state index >= 15 is 0 Å². The van der Waals surface area contributed by atoms with Crippen LogP contribution in [0.2, 0.25) is 0 Å². The maximum atomic E-state index is 12.3. The second-order valence-electron chi connectivity index (χ2n) is 6.50. The normalized spacial score (nSPS) is 12.8. The molecule has 0 aliphatic rings. The number of imidazole rings is 1. The van der Waals surface area contributed by atoms with Crippen LogP contribution in [-0.2, 0) is 27.0 Å². The standard InChI is InChI=1S/C17H18N2O9P2/c20-16(28-9-12-4-2-1-3-5-12)13-6-7-15-14(8-13)18-11-19(15)10-17(21,29(22,23)24)30(25,26)27/h1-8,11,21H,9-10H2,(H2,22,23,24)(H2,25,26,27). The first kappa shape index (κ1) is 22.3. The fourth-order valence-corrected chi connectivity index (χ4v) is 4.74. The number of rotatable bonds is 7. The van der Waals surface area contributed by atoms with Gasteiger partial charge in [-0.3, -0.25) is 9.13 Å². The molecule has 1 heterocycles. The van der Waals surface area contributed by atoms with E-state index in [-0.39, 0.29) is 23.2 Å². The van der Waals surface area contributed by atoms with Crippen molar-refractivity contribution in [1.29, 1.82) is 0 Å². The second kappa shape index (κ2) is 8.05. The van der Waals surface area contributed by atoms with Crippen LogP contribution in [0.5, 0.6) is 0 Å². The van der Waals surface area contributed by atoms with Gasteiger partial charge in [-0.1, -0.05) is 30.3 Å². The third kappa shape index (κ3) is 4.38. The Balaban J connectivity index is 1.84. The lowest BCUT2D eigenvalue weighted by Crippen LogP contribution is -2.33. The first-order valence-electron chi connectivity index (χ1n) is 8.42. The van der Waals surface area contributed by atoms with Gasteiger partial charge in [-0.15, -0.1) is 0 Å². The largest absolute Gasteiger partial charge is 0.457 e. The van der Waals surface area contributed by atoms with Crippen molar-refractivity contribution in [1.82, 2.24) is 9.55 Å². The number of ether oxygens (including phenoxy) is 1. The van der Waals surface area contributed by atoms with E-state index in [0.717, 1.165) is 16.5 Å². The van der Waals surface area contributed by atoms with Crippen molar-refractivity contribution in [3.8, 4) is 0 Å². The average Bonchev–Trinajstić information content (AvgIpc) is 3.07. The lowest BCUT2D eigenvalue weighted by Gasteiger charge is -2.29. The van der Waals surface area contributed by atoms with Gasteiger partial charge in [-0.2, -0.15) is 0 Å². The highest BCUT2D eigenvalue weighted by atomic mass is 31.2. The van der Waals surface area contributed by atoms with E-state index in [2.05, 4.69) is 4.98 Å². The topological polar surface area (TPSA) is 179 Å². The fourth-order valence-electron chi connectivity index (χ4n) is 2.71. The molecule has 3 aromatic rings. The van der Waals surface area contributed by atoms with Gasteiger partial charge in [0.2, 0.25) is 0 Å². The van der Waals surface area contributed by atoms with Crippen LogP contribution in [0.25, 0.3) is 11.0 Å². The van der Waals surface area contributed by atoms with Crippen molar-refractivity contribution < 1.29 is 43.3 Å². The van der Waals surface area contributed by atoms with Crippen LogP contribution in [0.3, 0.4) is 0 Å². The van der Waals surface area contributed by atoms with Gasteiger partial charge in [0.25, 0.3) is 5.08 Å². The summed E-state index contributed by atoms with van der Waals surface area (Å²) < 4.78 is 29.3. The van der Waals surface area contributed by atoms with Crippen LogP contribution in [0.15, 0.2) is 54.9 Å². The van der Waals surface area contributed by atoms with Crippen molar-refractivity contribution in [3.05, 3.63) is 66.0 Å². The second-order valence-corrected chi connectivity index (χ2v) is 10.5. The summed E-state index contributed by atoms with van der Waals surface area (Å²) in [7, 11) is -11.2. The number of benzene rings is 2. The molecule has 0 amide bonds. The summed E-state index contributed by atoms with van der Waals surface area (Å²) >= 11 is 0. The van der Waals surface area contributed by atoms with Crippen LogP contribution in [0.4, 0.5) is 0 Å². The molecule has 0 aliphatic heterocycles. The molecule has 30 heavy (non-hydrogen) atoms. The minimum Gasteiger partial charge on any atom is -0.457 e. The molecule has 13 heteroatoms. The Kier molecular flexibility index (Phi) is 5.99. The van der Waals surface area contributed by atoms with E-state index < -0.39 is 32.8 Å². The molecule has 0 spiro atoms. The summed E-state index contributed by atoms with van der Waals surface area (Å²) in [4.78, 5) is 53.4. The van der Waals surface area contributed by atoms with Crippen LogP contribution in [0, 0.1) is 0 Å². The molecule has 11 nitrogen and oxygen atoms in total. The molecule has 160 valence electrons. The van der Waals surface area contributed by atoms with E-state index in [4.69, 9.17) is 4.74 Å². The smallest absolute Gasteiger partial charge is 0.371 e. The predicted molar refractivity (Wildman–Crippen MR) is 104 cm³/mol. The van der Waals surface area contributed by atoms with Gasteiger partial charge in [0, 0.05) is 0 Å². The molecular formula is C17H18N2O9P2. The van der Waals surface area contributed by atoms with E-state index in [0.29, 0.717) is 0 Å². The van der Waals surface area contributed by atoms with Crippen LogP contribution in [-0.4, -0.2) is 45.3 Å². The predicted octanol–water partition coefficient (Wildman–Crippen LogP) is 1.39. The fraction of sp³-hybridized carbons (Fsp3) is 0.176. The maximum Gasteiger partial charge on any atom is 0.371 e. The lowest BCUT2D eigenvalue weighted by atomic mass is 10.2. The molecule has 0 fully saturated rings. The zero-order valence-corrected chi connectivity index (χ0v) is 17.1. The van der Waals surface area contributed by atoms with E-state index in [1.807, 2.05) is 6.07 Å². The molecule has 1 aromatic heterocycles. The number of aromatic nitrogens is 2. The number of aliphatic hydroxyl groups is 1. The highest BCUT2D eigenvalue weighted by Gasteiger charge is 2.59. The Morgan fingerprint density at radius 1 is 1.03 bits per heavy atom. The Morgan fingerprint density at radius 2 is 1.67 bits per heavy atom. The highest BCUT2D eigenvalue weighted by molar-refractivity contribution is 7.72. The van der Waals surface area contributed by atoms with Gasteiger partial charge in [0.05, 0.1) is 29.5 Å².